The number of fused-ring (bicyclic) bond motifs is 1. The zero-order valence-corrected chi connectivity index (χ0v) is 10.8. The topological polar surface area (TPSA) is 26.3 Å². The van der Waals surface area contributed by atoms with Crippen LogP contribution in [0.4, 0.5) is 8.78 Å². The van der Waals surface area contributed by atoms with E-state index >= 15 is 0 Å². The predicted molar refractivity (Wildman–Crippen MR) is 75.3 cm³/mol. The number of benzene rings is 3. The Balaban J connectivity index is 1.89. The van der Waals surface area contributed by atoms with Gasteiger partial charge in [-0.1, -0.05) is 30.3 Å². The molecule has 0 spiro atoms. The molecular weight excluding hydrogens is 274 g/mol. The fourth-order valence-corrected chi connectivity index (χ4v) is 2.05. The highest BCUT2D eigenvalue weighted by atomic mass is 19.1. The third-order valence-electron chi connectivity index (χ3n) is 3.08. The van der Waals surface area contributed by atoms with Crippen LogP contribution in [0.1, 0.15) is 10.4 Å². The van der Waals surface area contributed by atoms with E-state index in [-0.39, 0.29) is 5.56 Å². The van der Waals surface area contributed by atoms with E-state index in [9.17, 15) is 13.6 Å². The van der Waals surface area contributed by atoms with Crippen LogP contribution in [0, 0.1) is 11.6 Å². The fourth-order valence-electron chi connectivity index (χ4n) is 2.05. The van der Waals surface area contributed by atoms with Crippen LogP contribution in [-0.4, -0.2) is 5.97 Å². The number of ether oxygens (including phenoxy) is 1. The second-order valence-electron chi connectivity index (χ2n) is 4.52. The summed E-state index contributed by atoms with van der Waals surface area (Å²) < 4.78 is 31.5. The minimum Gasteiger partial charge on any atom is -0.423 e. The van der Waals surface area contributed by atoms with Crippen LogP contribution >= 0.6 is 0 Å². The molecule has 104 valence electrons. The van der Waals surface area contributed by atoms with Gasteiger partial charge >= 0.3 is 5.97 Å². The standard InChI is InChI=1S/C17H10F2O2/c18-13-6-8-15(16(19)10-13)17(20)21-14-7-5-11-3-1-2-4-12(11)9-14/h1-10H. The average molecular weight is 284 g/mol. The number of carbonyl (C=O) groups excluding carboxylic acids is 1. The largest absolute Gasteiger partial charge is 0.423 e. The Kier molecular flexibility index (Phi) is 3.36. The van der Waals surface area contributed by atoms with Crippen molar-refractivity contribution in [3.63, 3.8) is 0 Å². The summed E-state index contributed by atoms with van der Waals surface area (Å²) in [6.45, 7) is 0. The van der Waals surface area contributed by atoms with Crippen LogP contribution in [0.2, 0.25) is 0 Å². The van der Waals surface area contributed by atoms with Crippen molar-refractivity contribution < 1.29 is 18.3 Å². The fraction of sp³-hybridized carbons (Fsp3) is 0. The molecule has 0 radical (unpaired) electrons. The number of halogens is 2. The zero-order valence-electron chi connectivity index (χ0n) is 10.8. The van der Waals surface area contributed by atoms with Gasteiger partial charge in [0.05, 0.1) is 5.56 Å². The Bertz CT molecular complexity index is 828. The average Bonchev–Trinajstić information content (AvgIpc) is 2.47. The van der Waals surface area contributed by atoms with E-state index < -0.39 is 17.6 Å². The number of carbonyl (C=O) groups is 1. The monoisotopic (exact) mass is 284 g/mol. The number of rotatable bonds is 2. The molecule has 0 saturated carbocycles. The summed E-state index contributed by atoms with van der Waals surface area (Å²) in [6, 6.07) is 15.4. The van der Waals surface area contributed by atoms with Crippen LogP contribution in [0.25, 0.3) is 10.8 Å². The van der Waals surface area contributed by atoms with Crippen molar-refractivity contribution in [3.05, 3.63) is 77.9 Å². The lowest BCUT2D eigenvalue weighted by atomic mass is 10.1. The molecular formula is C17H10F2O2. The van der Waals surface area contributed by atoms with Crippen molar-refractivity contribution in [3.8, 4) is 5.75 Å². The van der Waals surface area contributed by atoms with E-state index in [1.54, 1.807) is 18.2 Å². The quantitative estimate of drug-likeness (QED) is 0.517. The van der Waals surface area contributed by atoms with Crippen molar-refractivity contribution in [2.75, 3.05) is 0 Å². The molecule has 0 aromatic heterocycles. The van der Waals surface area contributed by atoms with E-state index in [0.717, 1.165) is 22.9 Å². The molecule has 0 aliphatic heterocycles. The lowest BCUT2D eigenvalue weighted by molar-refractivity contribution is 0.0730. The van der Waals surface area contributed by atoms with Crippen molar-refractivity contribution in [2.24, 2.45) is 0 Å². The molecule has 0 unspecified atom stereocenters. The van der Waals surface area contributed by atoms with Gasteiger partial charge in [-0.15, -0.1) is 0 Å². The van der Waals surface area contributed by atoms with Crippen LogP contribution in [0.5, 0.6) is 5.75 Å². The molecule has 4 heteroatoms. The molecule has 0 N–H and O–H groups in total. The molecule has 0 heterocycles. The van der Waals surface area contributed by atoms with Crippen LogP contribution in [0.15, 0.2) is 60.7 Å². The molecule has 0 atom stereocenters. The number of hydrogen-bond acceptors (Lipinski definition) is 2. The highest BCUT2D eigenvalue weighted by Crippen LogP contribution is 2.22. The summed E-state index contributed by atoms with van der Waals surface area (Å²) in [5.41, 5.74) is -0.301. The lowest BCUT2D eigenvalue weighted by Crippen LogP contribution is -2.10. The zero-order chi connectivity index (χ0) is 14.8. The minimum atomic E-state index is -0.944. The van der Waals surface area contributed by atoms with E-state index in [1.807, 2.05) is 24.3 Å². The summed E-state index contributed by atoms with van der Waals surface area (Å²) >= 11 is 0. The van der Waals surface area contributed by atoms with Gasteiger partial charge in [-0.25, -0.2) is 13.6 Å². The first-order valence-electron chi connectivity index (χ1n) is 6.29. The first kappa shape index (κ1) is 13.2. The Morgan fingerprint density at radius 1 is 0.857 bits per heavy atom. The second-order valence-corrected chi connectivity index (χ2v) is 4.52. The highest BCUT2D eigenvalue weighted by Gasteiger charge is 2.14. The maximum absolute atomic E-state index is 13.5. The summed E-state index contributed by atoms with van der Waals surface area (Å²) in [5.74, 6) is -2.24. The Labute approximate surface area is 119 Å². The molecule has 0 fully saturated rings. The van der Waals surface area contributed by atoms with E-state index in [1.165, 1.54) is 0 Å². The number of hydrogen-bond donors (Lipinski definition) is 0. The second kappa shape index (κ2) is 5.32. The SMILES string of the molecule is O=C(Oc1ccc2ccccc2c1)c1ccc(F)cc1F. The first-order chi connectivity index (χ1) is 10.1. The van der Waals surface area contributed by atoms with E-state index in [2.05, 4.69) is 0 Å². The van der Waals surface area contributed by atoms with Gasteiger partial charge in [-0.05, 0) is 35.0 Å². The molecule has 21 heavy (non-hydrogen) atoms. The molecule has 2 nitrogen and oxygen atoms in total. The molecule has 0 aliphatic rings. The minimum absolute atomic E-state index is 0.301. The maximum atomic E-state index is 13.5. The smallest absolute Gasteiger partial charge is 0.346 e. The van der Waals surface area contributed by atoms with Gasteiger partial charge in [0.1, 0.15) is 17.4 Å². The summed E-state index contributed by atoms with van der Waals surface area (Å²) in [7, 11) is 0. The number of esters is 1. The van der Waals surface area contributed by atoms with Crippen LogP contribution < -0.4 is 4.74 Å². The molecule has 3 aromatic carbocycles. The Morgan fingerprint density at radius 3 is 2.38 bits per heavy atom. The van der Waals surface area contributed by atoms with E-state index in [4.69, 9.17) is 4.74 Å². The summed E-state index contributed by atoms with van der Waals surface area (Å²) in [6.07, 6.45) is 0. The third kappa shape index (κ3) is 2.74. The van der Waals surface area contributed by atoms with Crippen molar-refractivity contribution in [2.45, 2.75) is 0 Å². The molecule has 3 rings (SSSR count). The molecule has 0 amide bonds. The highest BCUT2D eigenvalue weighted by molar-refractivity contribution is 5.92. The van der Waals surface area contributed by atoms with Crippen LogP contribution in [-0.2, 0) is 0 Å². The summed E-state index contributed by atoms with van der Waals surface area (Å²) in [4.78, 5) is 11.9. The van der Waals surface area contributed by atoms with Gasteiger partial charge < -0.3 is 4.74 Å². The normalized spacial score (nSPS) is 10.6. The van der Waals surface area contributed by atoms with Crippen molar-refractivity contribution >= 4 is 16.7 Å². The van der Waals surface area contributed by atoms with Crippen molar-refractivity contribution in [1.29, 1.82) is 0 Å². The van der Waals surface area contributed by atoms with Crippen molar-refractivity contribution in [1.82, 2.24) is 0 Å². The van der Waals surface area contributed by atoms with Gasteiger partial charge in [-0.2, -0.15) is 0 Å². The Morgan fingerprint density at radius 2 is 1.62 bits per heavy atom. The molecule has 0 aliphatic carbocycles. The predicted octanol–water partition coefficient (Wildman–Crippen LogP) is 4.34. The van der Waals surface area contributed by atoms with Gasteiger partial charge in [-0.3, -0.25) is 0 Å². The van der Waals surface area contributed by atoms with Gasteiger partial charge in [0.15, 0.2) is 0 Å². The van der Waals surface area contributed by atoms with Gasteiger partial charge in [0.25, 0.3) is 0 Å². The maximum Gasteiger partial charge on any atom is 0.346 e. The molecule has 0 bridgehead atoms. The van der Waals surface area contributed by atoms with Gasteiger partial charge in [0.2, 0.25) is 0 Å². The van der Waals surface area contributed by atoms with Gasteiger partial charge in [0, 0.05) is 6.07 Å². The molecule has 3 aromatic rings. The molecule has 0 saturated heterocycles. The lowest BCUT2D eigenvalue weighted by Gasteiger charge is -2.06. The first-order valence-corrected chi connectivity index (χ1v) is 6.29. The summed E-state index contributed by atoms with van der Waals surface area (Å²) in [5, 5.41) is 1.91. The Hall–Kier alpha value is -2.75. The van der Waals surface area contributed by atoms with E-state index in [0.29, 0.717) is 11.8 Å². The van der Waals surface area contributed by atoms with Crippen LogP contribution in [0.3, 0.4) is 0 Å². The third-order valence-corrected chi connectivity index (χ3v) is 3.08.